The number of carbonyl (C=O) groups is 1. The van der Waals surface area contributed by atoms with E-state index >= 15 is 0 Å². The van der Waals surface area contributed by atoms with Crippen LogP contribution in [-0.4, -0.2) is 32.9 Å². The summed E-state index contributed by atoms with van der Waals surface area (Å²) in [4.78, 5) is 16.5. The van der Waals surface area contributed by atoms with Crippen LogP contribution in [0.1, 0.15) is 36.2 Å². The Kier molecular flexibility index (Phi) is 6.37. The van der Waals surface area contributed by atoms with Crippen LogP contribution in [0.2, 0.25) is 0 Å². The third-order valence-corrected chi connectivity index (χ3v) is 5.84. The quantitative estimate of drug-likeness (QED) is 0.807. The highest BCUT2D eigenvalue weighted by atomic mass is 32.2. The molecule has 0 aliphatic heterocycles. The molecule has 2 aromatic rings. The smallest absolute Gasteiger partial charge is 0.264 e. The number of carbonyl (C=O) groups excluding carboxylic acids is 1. The molecule has 1 amide bonds. The Hall–Kier alpha value is -2.41. The first-order chi connectivity index (χ1) is 12.2. The second kappa shape index (κ2) is 8.31. The summed E-state index contributed by atoms with van der Waals surface area (Å²) in [6.07, 6.45) is 3.73. The van der Waals surface area contributed by atoms with Crippen molar-refractivity contribution >= 4 is 21.6 Å². The van der Waals surface area contributed by atoms with Crippen molar-refractivity contribution in [2.45, 2.75) is 32.1 Å². The van der Waals surface area contributed by atoms with Crippen LogP contribution >= 0.6 is 0 Å². The number of nitrogens with zero attached hydrogens (tertiary/aromatic N) is 2. The maximum absolute atomic E-state index is 12.8. The molecule has 2 rings (SSSR count). The summed E-state index contributed by atoms with van der Waals surface area (Å²) >= 11 is 0. The third kappa shape index (κ3) is 4.82. The molecule has 1 N–H and O–H groups in total. The predicted molar refractivity (Wildman–Crippen MR) is 103 cm³/mol. The summed E-state index contributed by atoms with van der Waals surface area (Å²) in [7, 11) is -2.27. The number of anilines is 1. The number of aromatic nitrogens is 1. The minimum absolute atomic E-state index is 0.192. The lowest BCUT2D eigenvalue weighted by atomic mass is 10.1. The largest absolute Gasteiger partial charge is 0.352 e. The normalized spacial score (nSPS) is 11.4. The topological polar surface area (TPSA) is 79.4 Å². The number of hydrogen-bond donors (Lipinski definition) is 1. The van der Waals surface area contributed by atoms with Gasteiger partial charge in [0.1, 0.15) is 0 Å². The van der Waals surface area contributed by atoms with Gasteiger partial charge in [0.25, 0.3) is 15.9 Å². The fraction of sp³-hybridized carbons (Fsp3) is 0.368. The Balaban J connectivity index is 2.20. The fourth-order valence-electron chi connectivity index (χ4n) is 2.31. The lowest BCUT2D eigenvalue weighted by Crippen LogP contribution is -2.28. The summed E-state index contributed by atoms with van der Waals surface area (Å²) in [6.45, 7) is 6.63. The number of aryl methyl sites for hydroxylation is 1. The molecule has 140 valence electrons. The van der Waals surface area contributed by atoms with Crippen molar-refractivity contribution < 1.29 is 13.2 Å². The van der Waals surface area contributed by atoms with Gasteiger partial charge in [-0.25, -0.2) is 8.42 Å². The number of pyridine rings is 1. The lowest BCUT2D eigenvalue weighted by Gasteiger charge is -2.19. The van der Waals surface area contributed by atoms with E-state index < -0.39 is 10.0 Å². The molecule has 0 saturated heterocycles. The zero-order valence-corrected chi connectivity index (χ0v) is 16.4. The Labute approximate surface area is 155 Å². The monoisotopic (exact) mass is 375 g/mol. The zero-order chi connectivity index (χ0) is 19.3. The number of nitrogens with one attached hydrogen (secondary N) is 1. The van der Waals surface area contributed by atoms with Crippen LogP contribution < -0.4 is 9.62 Å². The van der Waals surface area contributed by atoms with Crippen molar-refractivity contribution in [2.24, 2.45) is 5.92 Å². The molecule has 0 fully saturated rings. The van der Waals surface area contributed by atoms with Gasteiger partial charge >= 0.3 is 0 Å². The van der Waals surface area contributed by atoms with Crippen LogP contribution in [0.4, 0.5) is 5.69 Å². The molecule has 0 bridgehead atoms. The van der Waals surface area contributed by atoms with Gasteiger partial charge in [0.05, 0.1) is 22.3 Å². The number of sulfonamides is 1. The predicted octanol–water partition coefficient (Wildman–Crippen LogP) is 2.99. The van der Waals surface area contributed by atoms with Crippen molar-refractivity contribution in [1.82, 2.24) is 10.3 Å². The molecule has 1 heterocycles. The van der Waals surface area contributed by atoms with Crippen molar-refractivity contribution in [2.75, 3.05) is 17.9 Å². The van der Waals surface area contributed by atoms with Crippen LogP contribution in [0.5, 0.6) is 0 Å². The van der Waals surface area contributed by atoms with Gasteiger partial charge in [-0.1, -0.05) is 31.5 Å². The Morgan fingerprint density at radius 2 is 1.85 bits per heavy atom. The van der Waals surface area contributed by atoms with Crippen LogP contribution in [-0.2, 0) is 10.0 Å². The van der Waals surface area contributed by atoms with Gasteiger partial charge in [0.15, 0.2) is 0 Å². The molecular weight excluding hydrogens is 350 g/mol. The average Bonchev–Trinajstić information content (AvgIpc) is 2.61. The van der Waals surface area contributed by atoms with Crippen LogP contribution in [0.25, 0.3) is 0 Å². The molecular formula is C19H25N3O3S. The number of amides is 1. The zero-order valence-electron chi connectivity index (χ0n) is 15.6. The van der Waals surface area contributed by atoms with E-state index in [0.29, 0.717) is 23.7 Å². The second-order valence-corrected chi connectivity index (χ2v) is 8.63. The molecule has 26 heavy (non-hydrogen) atoms. The van der Waals surface area contributed by atoms with E-state index in [-0.39, 0.29) is 10.8 Å². The SMILES string of the molecule is Cc1ccc(S(=O)(=O)N(C)c2cncc(C(=O)NCCC(C)C)c2)cc1. The van der Waals surface area contributed by atoms with Gasteiger partial charge in [-0.15, -0.1) is 0 Å². The van der Waals surface area contributed by atoms with Crippen molar-refractivity contribution in [3.63, 3.8) is 0 Å². The minimum atomic E-state index is -3.72. The Morgan fingerprint density at radius 3 is 2.46 bits per heavy atom. The van der Waals surface area contributed by atoms with E-state index in [1.807, 2.05) is 6.92 Å². The van der Waals surface area contributed by atoms with Gasteiger partial charge in [-0.2, -0.15) is 0 Å². The first-order valence-corrected chi connectivity index (χ1v) is 9.94. The van der Waals surface area contributed by atoms with E-state index in [1.54, 1.807) is 24.3 Å². The van der Waals surface area contributed by atoms with Gasteiger partial charge in [-0.3, -0.25) is 14.1 Å². The summed E-state index contributed by atoms with van der Waals surface area (Å²) in [5.74, 6) is 0.228. The van der Waals surface area contributed by atoms with Gasteiger partial charge in [0.2, 0.25) is 0 Å². The molecule has 0 radical (unpaired) electrons. The summed E-state index contributed by atoms with van der Waals surface area (Å²) < 4.78 is 26.7. The van der Waals surface area contributed by atoms with Crippen LogP contribution in [0, 0.1) is 12.8 Å². The first-order valence-electron chi connectivity index (χ1n) is 8.50. The first kappa shape index (κ1) is 19.9. The molecule has 0 unspecified atom stereocenters. The van der Waals surface area contributed by atoms with Crippen LogP contribution in [0.15, 0.2) is 47.6 Å². The molecule has 1 aromatic heterocycles. The lowest BCUT2D eigenvalue weighted by molar-refractivity contribution is 0.0951. The second-order valence-electron chi connectivity index (χ2n) is 6.66. The number of benzene rings is 1. The van der Waals surface area contributed by atoms with E-state index in [2.05, 4.69) is 24.1 Å². The standard InChI is InChI=1S/C19H25N3O3S/c1-14(2)9-10-21-19(23)16-11-17(13-20-12-16)22(4)26(24,25)18-7-5-15(3)6-8-18/h5-8,11-14H,9-10H2,1-4H3,(H,21,23). The van der Waals surface area contributed by atoms with E-state index in [9.17, 15) is 13.2 Å². The molecule has 0 aliphatic carbocycles. The highest BCUT2D eigenvalue weighted by molar-refractivity contribution is 7.92. The van der Waals surface area contributed by atoms with E-state index in [0.717, 1.165) is 16.3 Å². The van der Waals surface area contributed by atoms with E-state index in [4.69, 9.17) is 0 Å². The van der Waals surface area contributed by atoms with E-state index in [1.165, 1.54) is 25.5 Å². The van der Waals surface area contributed by atoms with Gasteiger partial charge in [0, 0.05) is 19.8 Å². The fourth-order valence-corrected chi connectivity index (χ4v) is 3.48. The number of rotatable bonds is 7. The van der Waals surface area contributed by atoms with Crippen molar-refractivity contribution in [3.05, 3.63) is 53.9 Å². The molecule has 0 saturated carbocycles. The summed E-state index contributed by atoms with van der Waals surface area (Å²) in [5, 5.41) is 2.83. The highest BCUT2D eigenvalue weighted by Gasteiger charge is 2.22. The average molecular weight is 375 g/mol. The van der Waals surface area contributed by atoms with Crippen LogP contribution in [0.3, 0.4) is 0 Å². The summed E-state index contributed by atoms with van der Waals surface area (Å²) in [5.41, 5.74) is 1.65. The number of hydrogen-bond acceptors (Lipinski definition) is 4. The molecule has 7 heteroatoms. The van der Waals surface area contributed by atoms with Gasteiger partial charge in [-0.05, 0) is 37.5 Å². The molecule has 0 atom stereocenters. The van der Waals surface area contributed by atoms with Crippen molar-refractivity contribution in [1.29, 1.82) is 0 Å². The molecule has 0 spiro atoms. The Morgan fingerprint density at radius 1 is 1.19 bits per heavy atom. The molecule has 1 aromatic carbocycles. The molecule has 0 aliphatic rings. The minimum Gasteiger partial charge on any atom is -0.352 e. The Bertz CT molecular complexity index is 862. The highest BCUT2D eigenvalue weighted by Crippen LogP contribution is 2.22. The summed E-state index contributed by atoms with van der Waals surface area (Å²) in [6, 6.07) is 8.16. The van der Waals surface area contributed by atoms with Crippen molar-refractivity contribution in [3.8, 4) is 0 Å². The maximum atomic E-state index is 12.8. The maximum Gasteiger partial charge on any atom is 0.264 e. The molecule has 6 nitrogen and oxygen atoms in total. The van der Waals surface area contributed by atoms with Gasteiger partial charge < -0.3 is 5.32 Å². The third-order valence-electron chi connectivity index (χ3n) is 4.04.